The molecule has 0 aliphatic rings. The van der Waals surface area contributed by atoms with Gasteiger partial charge in [-0.1, -0.05) is 24.3 Å². The van der Waals surface area contributed by atoms with Gasteiger partial charge in [-0.25, -0.2) is 13.2 Å². The molecule has 0 saturated heterocycles. The fourth-order valence-corrected chi connectivity index (χ4v) is 2.98. The second-order valence-corrected chi connectivity index (χ2v) is 7.67. The Bertz CT molecular complexity index is 900. The fourth-order valence-electron chi connectivity index (χ4n) is 2.33. The Morgan fingerprint density at radius 2 is 1.85 bits per heavy atom. The van der Waals surface area contributed by atoms with Gasteiger partial charge in [-0.3, -0.25) is 4.72 Å². The molecule has 2 amide bonds. The topological polar surface area (TPSA) is 117 Å². The number of urea groups is 1. The van der Waals surface area contributed by atoms with Crippen molar-refractivity contribution < 1.29 is 23.1 Å². The highest BCUT2D eigenvalue weighted by atomic mass is 32.2. The first-order valence-corrected chi connectivity index (χ1v) is 9.94. The molecule has 146 valence electrons. The maximum atomic E-state index is 12.1. The molecular weight excluding hydrogens is 370 g/mol. The van der Waals surface area contributed by atoms with Crippen molar-refractivity contribution in [1.29, 1.82) is 0 Å². The standard InChI is InChI=1S/C18H23N3O5S/c1-3-27(24,25)21-16-9-8-15(10-17(16)26-2)20-18(23)19-11-13-6-4-5-7-14(13)12-22/h4-10,21-22H,3,11-12H2,1-2H3,(H2,19,20,23). The molecule has 0 bridgehead atoms. The van der Waals surface area contributed by atoms with Crippen LogP contribution in [0, 0.1) is 0 Å². The van der Waals surface area contributed by atoms with Crippen molar-refractivity contribution in [2.24, 2.45) is 0 Å². The second-order valence-electron chi connectivity index (χ2n) is 5.66. The SMILES string of the molecule is CCS(=O)(=O)Nc1ccc(NC(=O)NCc2ccccc2CO)cc1OC. The van der Waals surface area contributed by atoms with Crippen LogP contribution in [-0.2, 0) is 23.2 Å². The average Bonchev–Trinajstić information content (AvgIpc) is 2.67. The van der Waals surface area contributed by atoms with Gasteiger partial charge in [0.2, 0.25) is 10.0 Å². The predicted molar refractivity (Wildman–Crippen MR) is 104 cm³/mol. The molecule has 0 aliphatic carbocycles. The largest absolute Gasteiger partial charge is 0.494 e. The third kappa shape index (κ3) is 5.87. The van der Waals surface area contributed by atoms with Crippen molar-refractivity contribution in [3.05, 3.63) is 53.6 Å². The summed E-state index contributed by atoms with van der Waals surface area (Å²) in [6.07, 6.45) is 0. The van der Waals surface area contributed by atoms with E-state index in [1.54, 1.807) is 12.1 Å². The van der Waals surface area contributed by atoms with E-state index in [9.17, 15) is 18.3 Å². The molecule has 0 atom stereocenters. The number of anilines is 2. The number of rotatable bonds is 8. The number of benzene rings is 2. The fraction of sp³-hybridized carbons (Fsp3) is 0.278. The summed E-state index contributed by atoms with van der Waals surface area (Å²) in [4.78, 5) is 12.1. The molecule has 2 rings (SSSR count). The molecule has 0 heterocycles. The summed E-state index contributed by atoms with van der Waals surface area (Å²) >= 11 is 0. The van der Waals surface area contributed by atoms with Crippen LogP contribution < -0.4 is 20.1 Å². The summed E-state index contributed by atoms with van der Waals surface area (Å²) in [5.41, 5.74) is 2.30. The summed E-state index contributed by atoms with van der Waals surface area (Å²) in [6, 6.07) is 11.4. The van der Waals surface area contributed by atoms with Crippen molar-refractivity contribution in [1.82, 2.24) is 5.32 Å². The Labute approximate surface area is 158 Å². The normalized spacial score (nSPS) is 10.9. The molecule has 4 N–H and O–H groups in total. The summed E-state index contributed by atoms with van der Waals surface area (Å²) in [6.45, 7) is 1.68. The van der Waals surface area contributed by atoms with Gasteiger partial charge in [0.15, 0.2) is 0 Å². The third-order valence-electron chi connectivity index (χ3n) is 3.83. The maximum absolute atomic E-state index is 12.1. The van der Waals surface area contributed by atoms with Crippen molar-refractivity contribution in [3.63, 3.8) is 0 Å². The number of aliphatic hydroxyl groups excluding tert-OH is 1. The average molecular weight is 393 g/mol. The molecule has 8 nitrogen and oxygen atoms in total. The van der Waals surface area contributed by atoms with E-state index in [2.05, 4.69) is 15.4 Å². The van der Waals surface area contributed by atoms with Crippen molar-refractivity contribution in [2.45, 2.75) is 20.1 Å². The molecule has 0 spiro atoms. The summed E-state index contributed by atoms with van der Waals surface area (Å²) in [7, 11) is -2.03. The minimum absolute atomic E-state index is 0.0616. The van der Waals surface area contributed by atoms with Gasteiger partial charge in [0.1, 0.15) is 5.75 Å². The van der Waals surface area contributed by atoms with E-state index in [0.717, 1.165) is 11.1 Å². The van der Waals surface area contributed by atoms with Crippen LogP contribution in [0.25, 0.3) is 0 Å². The molecule has 0 aliphatic heterocycles. The van der Waals surface area contributed by atoms with Crippen molar-refractivity contribution in [3.8, 4) is 5.75 Å². The Hall–Kier alpha value is -2.78. The number of carbonyl (C=O) groups is 1. The Morgan fingerprint density at radius 3 is 2.48 bits per heavy atom. The van der Waals surface area contributed by atoms with E-state index in [4.69, 9.17) is 4.74 Å². The number of sulfonamides is 1. The molecular formula is C18H23N3O5S. The van der Waals surface area contributed by atoms with Gasteiger partial charge in [-0.2, -0.15) is 0 Å². The van der Waals surface area contributed by atoms with E-state index in [-0.39, 0.29) is 24.7 Å². The maximum Gasteiger partial charge on any atom is 0.319 e. The van der Waals surface area contributed by atoms with E-state index in [1.165, 1.54) is 26.2 Å². The molecule has 0 unspecified atom stereocenters. The lowest BCUT2D eigenvalue weighted by molar-refractivity contribution is 0.251. The second kappa shape index (κ2) is 9.24. The third-order valence-corrected chi connectivity index (χ3v) is 5.12. The van der Waals surface area contributed by atoms with Gasteiger partial charge < -0.3 is 20.5 Å². The van der Waals surface area contributed by atoms with Crippen LogP contribution >= 0.6 is 0 Å². The Balaban J connectivity index is 2.03. The number of nitrogens with one attached hydrogen (secondary N) is 3. The first kappa shape index (κ1) is 20.5. The number of aliphatic hydroxyl groups is 1. The van der Waals surface area contributed by atoms with Gasteiger partial charge in [-0.05, 0) is 30.2 Å². The molecule has 0 aromatic heterocycles. The zero-order valence-electron chi connectivity index (χ0n) is 15.2. The molecule has 2 aromatic rings. The van der Waals surface area contributed by atoms with Crippen molar-refractivity contribution in [2.75, 3.05) is 22.9 Å². The molecule has 9 heteroatoms. The van der Waals surface area contributed by atoms with Crippen LogP contribution in [0.15, 0.2) is 42.5 Å². The zero-order valence-corrected chi connectivity index (χ0v) is 16.0. The van der Waals surface area contributed by atoms with Crippen molar-refractivity contribution >= 4 is 27.4 Å². The van der Waals surface area contributed by atoms with Gasteiger partial charge >= 0.3 is 6.03 Å². The highest BCUT2D eigenvalue weighted by molar-refractivity contribution is 7.92. The predicted octanol–water partition coefficient (Wildman–Crippen LogP) is 2.27. The number of ether oxygens (including phenoxy) is 1. The molecule has 0 fully saturated rings. The van der Waals surface area contributed by atoms with Crippen LogP contribution in [-0.4, -0.2) is 32.4 Å². The lowest BCUT2D eigenvalue weighted by Gasteiger charge is -2.14. The first-order chi connectivity index (χ1) is 12.9. The number of hydrogen-bond acceptors (Lipinski definition) is 5. The lowest BCUT2D eigenvalue weighted by atomic mass is 10.1. The lowest BCUT2D eigenvalue weighted by Crippen LogP contribution is -2.28. The minimum atomic E-state index is -3.44. The van der Waals surface area contributed by atoms with Crippen LogP contribution in [0.3, 0.4) is 0 Å². The number of methoxy groups -OCH3 is 1. The highest BCUT2D eigenvalue weighted by Gasteiger charge is 2.12. The smallest absolute Gasteiger partial charge is 0.319 e. The van der Waals surface area contributed by atoms with Gasteiger partial charge in [0.05, 0.1) is 25.2 Å². The molecule has 0 radical (unpaired) electrons. The summed E-state index contributed by atoms with van der Waals surface area (Å²) in [5, 5.41) is 14.7. The summed E-state index contributed by atoms with van der Waals surface area (Å²) < 4.78 is 31.0. The van der Waals surface area contributed by atoms with Gasteiger partial charge in [-0.15, -0.1) is 0 Å². The Morgan fingerprint density at radius 1 is 1.15 bits per heavy atom. The van der Waals surface area contributed by atoms with E-state index in [1.807, 2.05) is 18.2 Å². The van der Waals surface area contributed by atoms with Gasteiger partial charge in [0, 0.05) is 18.3 Å². The van der Waals surface area contributed by atoms with E-state index >= 15 is 0 Å². The zero-order chi connectivity index (χ0) is 19.9. The van der Waals surface area contributed by atoms with Crippen LogP contribution in [0.4, 0.5) is 16.2 Å². The highest BCUT2D eigenvalue weighted by Crippen LogP contribution is 2.28. The molecule has 0 saturated carbocycles. The first-order valence-electron chi connectivity index (χ1n) is 8.29. The minimum Gasteiger partial charge on any atom is -0.494 e. The molecule has 27 heavy (non-hydrogen) atoms. The molecule has 2 aromatic carbocycles. The van der Waals surface area contributed by atoms with E-state index < -0.39 is 16.1 Å². The quantitative estimate of drug-likeness (QED) is 0.549. The number of carbonyl (C=O) groups excluding carboxylic acids is 1. The summed E-state index contributed by atoms with van der Waals surface area (Å²) in [5.74, 6) is 0.226. The number of hydrogen-bond donors (Lipinski definition) is 4. The van der Waals surface area contributed by atoms with E-state index in [0.29, 0.717) is 11.4 Å². The Kier molecular flexibility index (Phi) is 7.03. The van der Waals surface area contributed by atoms with Crippen LogP contribution in [0.5, 0.6) is 5.75 Å². The monoisotopic (exact) mass is 393 g/mol. The van der Waals surface area contributed by atoms with Gasteiger partial charge in [0.25, 0.3) is 0 Å². The number of amides is 2. The van der Waals surface area contributed by atoms with Crippen LogP contribution in [0.2, 0.25) is 0 Å². The van der Waals surface area contributed by atoms with Crippen LogP contribution in [0.1, 0.15) is 18.1 Å².